The molecule has 0 fully saturated rings. The second kappa shape index (κ2) is 9.90. The summed E-state index contributed by atoms with van der Waals surface area (Å²) in [6, 6.07) is 21.2. The van der Waals surface area contributed by atoms with Crippen molar-refractivity contribution >= 4 is 12.4 Å². The number of hydrogen-bond donors (Lipinski definition) is 0. The SMILES string of the molecule is CC1=CCC(c2ccccc2)(c2ccccc2)C(C=NN=NN=CC2=CC=CCC2)=C1. The fourth-order valence-electron chi connectivity index (χ4n) is 4.15. The Hall–Kier alpha value is -3.66. The summed E-state index contributed by atoms with van der Waals surface area (Å²) in [6.07, 6.45) is 17.1. The van der Waals surface area contributed by atoms with Crippen molar-refractivity contribution in [2.45, 2.75) is 31.6 Å². The first-order valence-corrected chi connectivity index (χ1v) is 10.6. The molecule has 0 radical (unpaired) electrons. The van der Waals surface area contributed by atoms with Crippen molar-refractivity contribution in [2.24, 2.45) is 20.6 Å². The summed E-state index contributed by atoms with van der Waals surface area (Å²) in [5.74, 6) is 0. The average molecular weight is 407 g/mol. The maximum absolute atomic E-state index is 4.25. The minimum atomic E-state index is -0.316. The van der Waals surface area contributed by atoms with Gasteiger partial charge in [-0.15, -0.1) is 10.2 Å². The molecule has 4 nitrogen and oxygen atoms in total. The van der Waals surface area contributed by atoms with Gasteiger partial charge in [-0.25, -0.2) is 0 Å². The second-order valence-electron chi connectivity index (χ2n) is 7.77. The molecule has 2 aliphatic carbocycles. The summed E-state index contributed by atoms with van der Waals surface area (Å²) in [6.45, 7) is 2.12. The first-order chi connectivity index (χ1) is 15.3. The number of hydrogen-bond acceptors (Lipinski definition) is 2. The molecule has 0 spiro atoms. The third-order valence-electron chi connectivity index (χ3n) is 5.75. The molecule has 0 unspecified atom stereocenters. The molecular formula is C27H26N4. The topological polar surface area (TPSA) is 49.4 Å². The molecule has 31 heavy (non-hydrogen) atoms. The molecule has 4 rings (SSSR count). The Bertz CT molecular complexity index is 1060. The fourth-order valence-corrected chi connectivity index (χ4v) is 4.15. The molecule has 0 saturated heterocycles. The van der Waals surface area contributed by atoms with E-state index in [0.717, 1.165) is 30.4 Å². The van der Waals surface area contributed by atoms with E-state index in [2.05, 4.69) is 94.3 Å². The largest absolute Gasteiger partial charge is 0.137 e. The van der Waals surface area contributed by atoms with Crippen molar-refractivity contribution in [1.82, 2.24) is 0 Å². The predicted octanol–water partition coefficient (Wildman–Crippen LogP) is 6.95. The monoisotopic (exact) mass is 406 g/mol. The van der Waals surface area contributed by atoms with Crippen LogP contribution in [-0.4, -0.2) is 12.4 Å². The van der Waals surface area contributed by atoms with E-state index >= 15 is 0 Å². The molecule has 0 N–H and O–H groups in total. The highest BCUT2D eigenvalue weighted by Gasteiger charge is 2.38. The quantitative estimate of drug-likeness (QED) is 0.283. The van der Waals surface area contributed by atoms with Crippen molar-refractivity contribution in [3.05, 3.63) is 119 Å². The lowest BCUT2D eigenvalue weighted by atomic mass is 9.65. The molecule has 0 heterocycles. The van der Waals surface area contributed by atoms with Gasteiger partial charge in [-0.1, -0.05) is 96.6 Å². The molecule has 0 bridgehead atoms. The van der Waals surface area contributed by atoms with Crippen molar-refractivity contribution in [3.63, 3.8) is 0 Å². The summed E-state index contributed by atoms with van der Waals surface area (Å²) < 4.78 is 0. The van der Waals surface area contributed by atoms with Crippen LogP contribution in [-0.2, 0) is 5.41 Å². The highest BCUT2D eigenvalue weighted by molar-refractivity contribution is 5.86. The standard InChI is InChI=1S/C27H26N4/c1-22-17-18-27(24-13-7-3-8-14-24,25-15-9-4-10-16-25)26(19-22)21-29-31-30-28-20-23-11-5-2-6-12-23/h2-5,7-11,13-17,19-21H,6,12,18H2,1H3. The van der Waals surface area contributed by atoms with Gasteiger partial charge in [0.15, 0.2) is 0 Å². The van der Waals surface area contributed by atoms with Crippen LogP contribution in [0.15, 0.2) is 128 Å². The number of benzene rings is 2. The summed E-state index contributed by atoms with van der Waals surface area (Å²) in [5.41, 5.74) is 5.60. The van der Waals surface area contributed by atoms with Crippen LogP contribution in [0, 0.1) is 0 Å². The van der Waals surface area contributed by atoms with Crippen LogP contribution in [0.5, 0.6) is 0 Å². The van der Waals surface area contributed by atoms with Crippen molar-refractivity contribution in [1.29, 1.82) is 0 Å². The highest BCUT2D eigenvalue weighted by atomic mass is 15.5. The number of allylic oxidation sites excluding steroid dienone is 8. The summed E-state index contributed by atoms with van der Waals surface area (Å²) in [7, 11) is 0. The fraction of sp³-hybridized carbons (Fsp3) is 0.185. The van der Waals surface area contributed by atoms with Crippen LogP contribution in [0.1, 0.15) is 37.3 Å². The van der Waals surface area contributed by atoms with Crippen molar-refractivity contribution in [2.75, 3.05) is 0 Å². The first kappa shape index (κ1) is 20.6. The maximum Gasteiger partial charge on any atom is 0.0559 e. The van der Waals surface area contributed by atoms with Crippen LogP contribution >= 0.6 is 0 Å². The Balaban J connectivity index is 1.64. The predicted molar refractivity (Wildman–Crippen MR) is 128 cm³/mol. The number of rotatable bonds is 6. The summed E-state index contributed by atoms with van der Waals surface area (Å²) in [4.78, 5) is 0. The molecular weight excluding hydrogens is 380 g/mol. The van der Waals surface area contributed by atoms with Crippen molar-refractivity contribution < 1.29 is 0 Å². The van der Waals surface area contributed by atoms with E-state index in [1.54, 1.807) is 6.21 Å². The Morgan fingerprint density at radius 3 is 2.10 bits per heavy atom. The van der Waals surface area contributed by atoms with E-state index in [9.17, 15) is 0 Å². The van der Waals surface area contributed by atoms with Crippen LogP contribution in [0.25, 0.3) is 0 Å². The lowest BCUT2D eigenvalue weighted by molar-refractivity contribution is 0.625. The second-order valence-corrected chi connectivity index (χ2v) is 7.77. The van der Waals surface area contributed by atoms with Gasteiger partial charge in [0.05, 0.1) is 17.8 Å². The van der Waals surface area contributed by atoms with Crippen LogP contribution < -0.4 is 0 Å². The van der Waals surface area contributed by atoms with Gasteiger partial charge in [0.1, 0.15) is 0 Å². The molecule has 0 aliphatic heterocycles. The van der Waals surface area contributed by atoms with Gasteiger partial charge in [0.25, 0.3) is 0 Å². The minimum absolute atomic E-state index is 0.316. The molecule has 0 atom stereocenters. The van der Waals surface area contributed by atoms with Gasteiger partial charge in [-0.2, -0.15) is 0 Å². The van der Waals surface area contributed by atoms with E-state index in [1.807, 2.05) is 30.5 Å². The zero-order chi connectivity index (χ0) is 21.4. The summed E-state index contributed by atoms with van der Waals surface area (Å²) in [5, 5.41) is 16.1. The molecule has 0 saturated carbocycles. The lowest BCUT2D eigenvalue weighted by Crippen LogP contribution is -2.32. The van der Waals surface area contributed by atoms with Gasteiger partial charge in [-0.3, -0.25) is 0 Å². The number of nitrogens with zero attached hydrogens (tertiary/aromatic N) is 4. The highest BCUT2D eigenvalue weighted by Crippen LogP contribution is 2.44. The molecule has 154 valence electrons. The first-order valence-electron chi connectivity index (χ1n) is 10.6. The van der Waals surface area contributed by atoms with E-state index in [0.29, 0.717) is 0 Å². The van der Waals surface area contributed by atoms with Gasteiger partial charge < -0.3 is 0 Å². The van der Waals surface area contributed by atoms with E-state index in [4.69, 9.17) is 0 Å². The Morgan fingerprint density at radius 2 is 1.48 bits per heavy atom. The van der Waals surface area contributed by atoms with Crippen LogP contribution in [0.2, 0.25) is 0 Å². The van der Waals surface area contributed by atoms with Gasteiger partial charge in [0.2, 0.25) is 0 Å². The van der Waals surface area contributed by atoms with Gasteiger partial charge in [0, 0.05) is 0 Å². The van der Waals surface area contributed by atoms with E-state index in [1.165, 1.54) is 16.7 Å². The van der Waals surface area contributed by atoms with Crippen LogP contribution in [0.3, 0.4) is 0 Å². The minimum Gasteiger partial charge on any atom is -0.137 e. The van der Waals surface area contributed by atoms with Crippen LogP contribution in [0.4, 0.5) is 0 Å². The third-order valence-corrected chi connectivity index (χ3v) is 5.75. The van der Waals surface area contributed by atoms with Gasteiger partial charge in [-0.05, 0) is 58.9 Å². The molecule has 2 aliphatic rings. The van der Waals surface area contributed by atoms with E-state index < -0.39 is 0 Å². The smallest absolute Gasteiger partial charge is 0.0559 e. The van der Waals surface area contributed by atoms with Gasteiger partial charge >= 0.3 is 0 Å². The summed E-state index contributed by atoms with van der Waals surface area (Å²) >= 11 is 0. The normalized spacial score (nSPS) is 18.4. The van der Waals surface area contributed by atoms with Crippen molar-refractivity contribution in [3.8, 4) is 0 Å². The zero-order valence-corrected chi connectivity index (χ0v) is 17.7. The average Bonchev–Trinajstić information content (AvgIpc) is 2.83. The zero-order valence-electron chi connectivity index (χ0n) is 17.7. The third kappa shape index (κ3) is 4.75. The lowest BCUT2D eigenvalue weighted by Gasteiger charge is -2.37. The molecule has 0 amide bonds. The molecule has 2 aromatic carbocycles. The Labute approximate surface area is 183 Å². The molecule has 0 aromatic heterocycles. The maximum atomic E-state index is 4.25. The Kier molecular flexibility index (Phi) is 6.58. The Morgan fingerprint density at radius 1 is 0.839 bits per heavy atom. The molecule has 4 heteroatoms. The van der Waals surface area contributed by atoms with E-state index in [-0.39, 0.29) is 5.41 Å². The molecule has 2 aromatic rings.